The molecule has 0 spiro atoms. The largest absolute Gasteiger partial charge is 0.467 e. The smallest absolute Gasteiger partial charge is 0.336 e. The zero-order valence-electron chi connectivity index (χ0n) is 56.0. The van der Waals surface area contributed by atoms with Gasteiger partial charge in [0.15, 0.2) is 12.2 Å². The third-order valence-electron chi connectivity index (χ3n) is 19.3. The Kier molecular flexibility index (Phi) is 21.6. The monoisotopic (exact) mass is 1250 g/mol. The van der Waals surface area contributed by atoms with Crippen LogP contribution in [-0.4, -0.2) is 160 Å². The minimum absolute atomic E-state index is 0. The first-order valence-electron chi connectivity index (χ1n) is 31.8. The van der Waals surface area contributed by atoms with Gasteiger partial charge in [0.25, 0.3) is 5.91 Å². The Morgan fingerprint density at radius 3 is 1.32 bits per heavy atom. The number of nitrogens with one attached hydrogen (secondary N) is 7. The van der Waals surface area contributed by atoms with Crippen molar-refractivity contribution in [2.75, 3.05) is 26.7 Å². The molecule has 88 heavy (non-hydrogen) atoms. The maximum absolute atomic E-state index is 14.2. The third-order valence-corrected chi connectivity index (χ3v) is 19.3. The highest BCUT2D eigenvalue weighted by atomic mass is 16.6. The number of benzene rings is 1. The molecule has 0 radical (unpaired) electrons. The number of methoxy groups -OCH3 is 1. The van der Waals surface area contributed by atoms with Gasteiger partial charge in [-0.25, -0.2) is 14.4 Å². The van der Waals surface area contributed by atoms with Crippen LogP contribution in [0.15, 0.2) is 30.3 Å². The minimum atomic E-state index is -1.63. The second kappa shape index (κ2) is 26.8. The molecule has 7 rings (SSSR count). The molecule has 4 saturated carbocycles. The van der Waals surface area contributed by atoms with E-state index in [9.17, 15) is 53.4 Å². The molecule has 12 atom stereocenters. The van der Waals surface area contributed by atoms with Crippen LogP contribution in [0.4, 0.5) is 9.59 Å². The molecular weight excluding hydrogens is 1130 g/mol. The molecular formula is C66H121N9O13. The number of urea groups is 2. The highest BCUT2D eigenvalue weighted by molar-refractivity contribution is 5.96. The number of carbonyl (C=O) groups excluding carboxylic acids is 9. The van der Waals surface area contributed by atoms with E-state index in [2.05, 4.69) is 64.9 Å². The number of hydrogen-bond donors (Lipinski definition) is 9. The lowest BCUT2D eigenvalue weighted by Crippen LogP contribution is -2.62. The van der Waals surface area contributed by atoms with Crippen LogP contribution < -0.4 is 37.2 Å². The normalized spacial score (nSPS) is 24.8. The lowest BCUT2D eigenvalue weighted by Gasteiger charge is -2.39. The maximum Gasteiger partial charge on any atom is 0.336 e. The van der Waals surface area contributed by atoms with E-state index in [1.165, 1.54) is 7.11 Å². The number of piperidine rings is 2. The van der Waals surface area contributed by atoms with Crippen molar-refractivity contribution in [2.24, 2.45) is 57.2 Å². The van der Waals surface area contributed by atoms with Gasteiger partial charge in [-0.1, -0.05) is 138 Å². The fourth-order valence-corrected chi connectivity index (χ4v) is 13.5. The van der Waals surface area contributed by atoms with Gasteiger partial charge >= 0.3 is 24.0 Å². The summed E-state index contributed by atoms with van der Waals surface area (Å²) in [6, 6.07) is 3.23. The Morgan fingerprint density at radius 2 is 0.977 bits per heavy atom. The number of aliphatic hydroxyl groups is 2. The summed E-state index contributed by atoms with van der Waals surface area (Å²) in [5.41, 5.74) is -2.69. The summed E-state index contributed by atoms with van der Waals surface area (Å²) in [7, 11) is 1.21. The molecule has 9 amide bonds. The second-order valence-electron chi connectivity index (χ2n) is 31.8. The molecule has 22 heteroatoms. The highest BCUT2D eigenvalue weighted by Crippen LogP contribution is 2.66. The van der Waals surface area contributed by atoms with Gasteiger partial charge in [0.1, 0.15) is 36.3 Å². The Balaban J connectivity index is 0. The first-order chi connectivity index (χ1) is 40.4. The van der Waals surface area contributed by atoms with Crippen LogP contribution in [0.1, 0.15) is 192 Å². The standard InChI is InChI=1S/C38H59N5O7.C28H48N4O6.7H2/c1-35(2,3)30(41-34(49)42-36(4,5)6)33(48)43-21-24-27(37(24,7)8)28(43)31(46)40-25(19-22-15-14-16-22)29(45)32(47)39-20-26(44)50-38(9,10)23-17-12-11-13-18-23;1-26(2,3)21(30-25(37)31-27(4,5)6)23(35)32-14-16-18(28(16,7)8)19(32)22(34)29-17(13-15-11-10-12-15)20(33)24(36)38-9;;;;;;;/h11-13,17-18,22,24-25,27-30,45H,14-16,19-21H2,1-10H3,(H,39,47)(H,40,46)(H2,41,42,49);15-21,33H,10-14H2,1-9H3,(H,29,34)(H2,30,31,37);7*1H/t24?,25?,27?,28-,29?,30+;16?,17?,18?,19-,20?,21+;;;;;;;/m00......./s1. The number of amides is 9. The Bertz CT molecular complexity index is 2750. The molecule has 22 nitrogen and oxygen atoms in total. The van der Waals surface area contributed by atoms with E-state index in [0.29, 0.717) is 31.8 Å². The van der Waals surface area contributed by atoms with Crippen molar-refractivity contribution in [2.45, 2.75) is 241 Å². The summed E-state index contributed by atoms with van der Waals surface area (Å²) >= 11 is 0. The predicted molar refractivity (Wildman–Crippen MR) is 347 cm³/mol. The van der Waals surface area contributed by atoms with Crippen molar-refractivity contribution < 1.29 is 72.8 Å². The molecule has 0 bridgehead atoms. The zero-order valence-corrected chi connectivity index (χ0v) is 56.0. The molecule has 1 aromatic rings. The first-order valence-corrected chi connectivity index (χ1v) is 31.8. The van der Waals surface area contributed by atoms with Gasteiger partial charge in [0.2, 0.25) is 23.6 Å². The topological polar surface area (TPSA) is 303 Å². The number of hydrogen-bond acceptors (Lipinski definition) is 13. The average molecular weight is 1250 g/mol. The summed E-state index contributed by atoms with van der Waals surface area (Å²) < 4.78 is 10.4. The van der Waals surface area contributed by atoms with E-state index < -0.39 is 118 Å². The van der Waals surface area contributed by atoms with Gasteiger partial charge in [-0.2, -0.15) is 0 Å². The molecule has 4 aliphatic carbocycles. The highest BCUT2D eigenvalue weighted by Gasteiger charge is 2.71. The number of nitrogens with zero attached hydrogens (tertiary/aromatic N) is 2. The summed E-state index contributed by atoms with van der Waals surface area (Å²) in [4.78, 5) is 123. The number of ether oxygens (including phenoxy) is 2. The van der Waals surface area contributed by atoms with Gasteiger partial charge in [-0.3, -0.25) is 28.8 Å². The van der Waals surface area contributed by atoms with E-state index in [1.807, 2.05) is 113 Å². The first kappa shape index (κ1) is 71.1. The number of likely N-dealkylation sites (tertiary alicyclic amines) is 2. The molecule has 2 saturated heterocycles. The van der Waals surface area contributed by atoms with Crippen LogP contribution in [0.3, 0.4) is 0 Å². The second-order valence-corrected chi connectivity index (χ2v) is 31.8. The summed E-state index contributed by atoms with van der Waals surface area (Å²) in [5, 5.41) is 41.7. The SMILES string of the molecule is CC(C)(C)NC(=O)N[C@H](C(=O)N1CC2C([C@H]1C(=O)NC(CC1CCC1)C(O)C(=O)NCC(=O)OC(C)(C)c1ccccc1)C2(C)C)C(C)(C)C.COC(=O)C(O)C(CC1CCC1)NC(=O)[C@@H]1C2C(CN1C(=O)[C@@H](NC(=O)NC(C)(C)C)C(C)(C)C)C2(C)C.[HH].[HH].[HH].[HH].[HH].[HH].[HH]. The number of rotatable bonds is 20. The average Bonchev–Trinajstić information content (AvgIpc) is 1.53. The zero-order chi connectivity index (χ0) is 66.2. The van der Waals surface area contributed by atoms with Crippen molar-refractivity contribution in [3.05, 3.63) is 35.9 Å². The molecule has 2 aliphatic heterocycles. The summed E-state index contributed by atoms with van der Waals surface area (Å²) in [5.74, 6) is -3.11. The predicted octanol–water partition coefficient (Wildman–Crippen LogP) is 7.53. The van der Waals surface area contributed by atoms with Crippen LogP contribution in [0.25, 0.3) is 0 Å². The lowest BCUT2D eigenvalue weighted by atomic mass is 9.79. The van der Waals surface area contributed by atoms with E-state index in [4.69, 9.17) is 9.47 Å². The number of carbonyl (C=O) groups is 9. The molecule has 508 valence electrons. The number of esters is 2. The van der Waals surface area contributed by atoms with Gasteiger partial charge in [-0.15, -0.1) is 0 Å². The minimum Gasteiger partial charge on any atom is -0.467 e. The van der Waals surface area contributed by atoms with Crippen LogP contribution in [0.2, 0.25) is 0 Å². The van der Waals surface area contributed by atoms with Crippen molar-refractivity contribution in [1.29, 1.82) is 0 Å². The Hall–Kier alpha value is -6.03. The quantitative estimate of drug-likeness (QED) is 0.0571. The van der Waals surface area contributed by atoms with E-state index in [0.717, 1.165) is 44.1 Å². The number of aliphatic hydroxyl groups excluding tert-OH is 2. The van der Waals surface area contributed by atoms with Gasteiger partial charge in [0, 0.05) is 34.2 Å². The van der Waals surface area contributed by atoms with E-state index >= 15 is 0 Å². The number of fused-ring (bicyclic) bond motifs is 2. The fourth-order valence-electron chi connectivity index (χ4n) is 13.5. The van der Waals surface area contributed by atoms with Gasteiger partial charge < -0.3 is 66.7 Å². The Morgan fingerprint density at radius 1 is 0.591 bits per heavy atom. The van der Waals surface area contributed by atoms with Crippen LogP contribution in [-0.2, 0) is 48.6 Å². The molecule has 2 heterocycles. The van der Waals surface area contributed by atoms with Gasteiger partial charge in [-0.05, 0) is 131 Å². The van der Waals surface area contributed by atoms with Crippen LogP contribution in [0, 0.1) is 57.2 Å². The van der Waals surface area contributed by atoms with Gasteiger partial charge in [0.05, 0.1) is 19.2 Å². The van der Waals surface area contributed by atoms with E-state index in [1.54, 1.807) is 23.6 Å². The van der Waals surface area contributed by atoms with Crippen molar-refractivity contribution >= 4 is 53.5 Å². The molecule has 0 aromatic heterocycles. The van der Waals surface area contributed by atoms with Crippen molar-refractivity contribution in [1.82, 2.24) is 47.0 Å². The third kappa shape index (κ3) is 17.3. The molecule has 6 aliphatic rings. The molecule has 9 N–H and O–H groups in total. The van der Waals surface area contributed by atoms with E-state index in [-0.39, 0.29) is 68.1 Å². The molecule has 8 unspecified atom stereocenters. The van der Waals surface area contributed by atoms with Crippen LogP contribution >= 0.6 is 0 Å². The maximum atomic E-state index is 14.2. The van der Waals surface area contributed by atoms with Crippen molar-refractivity contribution in [3.63, 3.8) is 0 Å². The molecule has 1 aromatic carbocycles. The summed E-state index contributed by atoms with van der Waals surface area (Å²) in [6.07, 6.45) is 3.67. The lowest BCUT2D eigenvalue weighted by molar-refractivity contribution is -0.157. The fraction of sp³-hybridized carbons (Fsp3) is 0.773. The summed E-state index contributed by atoms with van der Waals surface area (Å²) in [6.45, 7) is 34.5. The van der Waals surface area contributed by atoms with Crippen LogP contribution in [0.5, 0.6) is 0 Å². The Labute approximate surface area is 532 Å². The van der Waals surface area contributed by atoms with Crippen molar-refractivity contribution in [3.8, 4) is 0 Å². The molecule has 6 fully saturated rings.